The lowest BCUT2D eigenvalue weighted by molar-refractivity contribution is 0.189. The fourth-order valence-corrected chi connectivity index (χ4v) is 3.27. The lowest BCUT2D eigenvalue weighted by Gasteiger charge is -2.31. The minimum Gasteiger partial charge on any atom is -0.396 e. The molecule has 1 rings (SSSR count). The van der Waals surface area contributed by atoms with Gasteiger partial charge >= 0.3 is 6.03 Å². The molecule has 0 bridgehead atoms. The van der Waals surface area contributed by atoms with E-state index < -0.39 is 0 Å². The number of nitrogens with one attached hydrogen (secondary N) is 2. The van der Waals surface area contributed by atoms with Crippen LogP contribution in [0, 0.1) is 5.41 Å². The molecule has 0 aliphatic carbocycles. The largest absolute Gasteiger partial charge is 0.396 e. The van der Waals surface area contributed by atoms with Crippen molar-refractivity contribution in [2.75, 3.05) is 18.9 Å². The molecule has 1 fully saturated rings. The van der Waals surface area contributed by atoms with Gasteiger partial charge in [-0.05, 0) is 30.4 Å². The highest BCUT2D eigenvalue weighted by Crippen LogP contribution is 2.25. The minimum absolute atomic E-state index is 0.00117. The second kappa shape index (κ2) is 7.24. The molecule has 1 saturated heterocycles. The SMILES string of the molecule is CC(C)(C)[C@@H](CCO)NC(=O)NC[C@H]1CCCS1. The first-order valence-electron chi connectivity index (χ1n) is 6.70. The number of amides is 2. The number of urea groups is 1. The normalized spacial score (nSPS) is 21.7. The smallest absolute Gasteiger partial charge is 0.315 e. The first kappa shape index (κ1) is 15.6. The van der Waals surface area contributed by atoms with E-state index in [1.54, 1.807) is 0 Å². The number of carbonyl (C=O) groups is 1. The molecule has 3 N–H and O–H groups in total. The first-order valence-corrected chi connectivity index (χ1v) is 7.75. The Bertz CT molecular complexity index is 260. The average Bonchev–Trinajstić information content (AvgIpc) is 2.77. The average molecular weight is 274 g/mol. The van der Waals surface area contributed by atoms with E-state index in [0.717, 1.165) is 6.54 Å². The number of carbonyl (C=O) groups excluding carboxylic acids is 1. The van der Waals surface area contributed by atoms with Crippen LogP contribution in [0.25, 0.3) is 0 Å². The molecular weight excluding hydrogens is 248 g/mol. The first-order chi connectivity index (χ1) is 8.43. The molecule has 2 atom stereocenters. The van der Waals surface area contributed by atoms with Crippen LogP contribution in [-0.2, 0) is 0 Å². The third-order valence-corrected chi connectivity index (χ3v) is 4.68. The number of hydrogen-bond acceptors (Lipinski definition) is 3. The molecule has 1 aliphatic rings. The Hall–Kier alpha value is -0.420. The van der Waals surface area contributed by atoms with Crippen LogP contribution >= 0.6 is 11.8 Å². The Kier molecular flexibility index (Phi) is 6.29. The van der Waals surface area contributed by atoms with Gasteiger partial charge in [-0.25, -0.2) is 4.79 Å². The molecule has 0 unspecified atom stereocenters. The number of rotatable bonds is 5. The van der Waals surface area contributed by atoms with Gasteiger partial charge < -0.3 is 15.7 Å². The summed E-state index contributed by atoms with van der Waals surface area (Å²) in [6, 6.07) is -0.116. The predicted octanol–water partition coefficient (Wildman–Crippen LogP) is 1.98. The second-order valence-electron chi connectivity index (χ2n) is 5.92. The summed E-state index contributed by atoms with van der Waals surface area (Å²) in [4.78, 5) is 11.8. The van der Waals surface area contributed by atoms with Crippen molar-refractivity contribution in [3.05, 3.63) is 0 Å². The van der Waals surface area contributed by atoms with E-state index in [-0.39, 0.29) is 24.1 Å². The Balaban J connectivity index is 2.31. The van der Waals surface area contributed by atoms with E-state index in [4.69, 9.17) is 5.11 Å². The molecule has 1 aliphatic heterocycles. The molecule has 0 aromatic heterocycles. The van der Waals surface area contributed by atoms with Gasteiger partial charge in [-0.2, -0.15) is 11.8 Å². The number of hydrogen-bond donors (Lipinski definition) is 3. The Morgan fingerprint density at radius 2 is 2.22 bits per heavy atom. The summed E-state index contributed by atoms with van der Waals surface area (Å²) in [6.07, 6.45) is 3.05. The summed E-state index contributed by atoms with van der Waals surface area (Å²) in [5.74, 6) is 1.21. The van der Waals surface area contributed by atoms with Crippen LogP contribution in [-0.4, -0.2) is 41.3 Å². The topological polar surface area (TPSA) is 61.4 Å². The zero-order valence-electron chi connectivity index (χ0n) is 11.7. The van der Waals surface area contributed by atoms with Gasteiger partial charge in [0.1, 0.15) is 0 Å². The highest BCUT2D eigenvalue weighted by atomic mass is 32.2. The molecule has 2 amide bonds. The van der Waals surface area contributed by atoms with Crippen molar-refractivity contribution < 1.29 is 9.90 Å². The van der Waals surface area contributed by atoms with Crippen molar-refractivity contribution in [3.63, 3.8) is 0 Å². The van der Waals surface area contributed by atoms with Gasteiger partial charge in [0, 0.05) is 24.4 Å². The van der Waals surface area contributed by atoms with Crippen molar-refractivity contribution >= 4 is 17.8 Å². The molecule has 1 heterocycles. The lowest BCUT2D eigenvalue weighted by Crippen LogP contribution is -2.49. The molecule has 0 aromatic rings. The number of thioether (sulfide) groups is 1. The van der Waals surface area contributed by atoms with Crippen molar-refractivity contribution in [2.45, 2.75) is 51.3 Å². The van der Waals surface area contributed by atoms with Crippen LogP contribution in [0.4, 0.5) is 4.79 Å². The molecule has 4 nitrogen and oxygen atoms in total. The molecule has 0 saturated carbocycles. The van der Waals surface area contributed by atoms with Crippen molar-refractivity contribution in [3.8, 4) is 0 Å². The van der Waals surface area contributed by atoms with Gasteiger partial charge in [0.25, 0.3) is 0 Å². The minimum atomic E-state index is -0.115. The fraction of sp³-hybridized carbons (Fsp3) is 0.923. The van der Waals surface area contributed by atoms with Crippen LogP contribution in [0.5, 0.6) is 0 Å². The maximum absolute atomic E-state index is 11.8. The highest BCUT2D eigenvalue weighted by molar-refractivity contribution is 8.00. The van der Waals surface area contributed by atoms with E-state index >= 15 is 0 Å². The van der Waals surface area contributed by atoms with Gasteiger partial charge in [0.15, 0.2) is 0 Å². The molecule has 0 spiro atoms. The Morgan fingerprint density at radius 1 is 1.50 bits per heavy atom. The summed E-state index contributed by atoms with van der Waals surface area (Å²) >= 11 is 1.94. The molecule has 5 heteroatoms. The maximum Gasteiger partial charge on any atom is 0.315 e. The van der Waals surface area contributed by atoms with Gasteiger partial charge in [-0.3, -0.25) is 0 Å². The Morgan fingerprint density at radius 3 is 2.72 bits per heavy atom. The van der Waals surface area contributed by atoms with Crippen molar-refractivity contribution in [1.29, 1.82) is 0 Å². The van der Waals surface area contributed by atoms with E-state index in [9.17, 15) is 4.79 Å². The fourth-order valence-electron chi connectivity index (χ4n) is 2.07. The van der Waals surface area contributed by atoms with Crippen molar-refractivity contribution in [2.24, 2.45) is 5.41 Å². The standard InChI is InChI=1S/C13H26N2O2S/c1-13(2,3)11(6-7-16)15-12(17)14-9-10-5-4-8-18-10/h10-11,16H,4-9H2,1-3H3,(H2,14,15,17)/t10-,11-/m1/s1. The quantitative estimate of drug-likeness (QED) is 0.718. The van der Waals surface area contributed by atoms with Crippen molar-refractivity contribution in [1.82, 2.24) is 10.6 Å². The highest BCUT2D eigenvalue weighted by Gasteiger charge is 2.26. The van der Waals surface area contributed by atoms with Crippen LogP contribution < -0.4 is 10.6 Å². The molecule has 18 heavy (non-hydrogen) atoms. The lowest BCUT2D eigenvalue weighted by atomic mass is 9.85. The van der Waals surface area contributed by atoms with E-state index in [1.807, 2.05) is 11.8 Å². The predicted molar refractivity (Wildman–Crippen MR) is 77.0 cm³/mol. The maximum atomic E-state index is 11.8. The molecular formula is C13H26N2O2S. The van der Waals surface area contributed by atoms with Gasteiger partial charge in [0.2, 0.25) is 0 Å². The zero-order valence-corrected chi connectivity index (χ0v) is 12.5. The molecule has 0 aromatic carbocycles. The zero-order chi connectivity index (χ0) is 13.6. The van der Waals surface area contributed by atoms with Gasteiger partial charge in [-0.1, -0.05) is 20.8 Å². The van der Waals surface area contributed by atoms with Crippen LogP contribution in [0.2, 0.25) is 0 Å². The second-order valence-corrected chi connectivity index (χ2v) is 7.33. The number of aliphatic hydroxyl groups excluding tert-OH is 1. The summed E-state index contributed by atoms with van der Waals surface area (Å²) in [7, 11) is 0. The van der Waals surface area contributed by atoms with E-state index in [0.29, 0.717) is 11.7 Å². The molecule has 106 valence electrons. The Labute approximate surface area is 114 Å². The van der Waals surface area contributed by atoms with Crippen LogP contribution in [0.3, 0.4) is 0 Å². The van der Waals surface area contributed by atoms with Crippen LogP contribution in [0.15, 0.2) is 0 Å². The summed E-state index contributed by atoms with van der Waals surface area (Å²) in [5.41, 5.74) is -0.0395. The monoisotopic (exact) mass is 274 g/mol. The van der Waals surface area contributed by atoms with E-state index in [2.05, 4.69) is 31.4 Å². The third kappa shape index (κ3) is 5.48. The summed E-state index contributed by atoms with van der Waals surface area (Å²) in [6.45, 7) is 7.05. The summed E-state index contributed by atoms with van der Waals surface area (Å²) in [5, 5.41) is 15.5. The van der Waals surface area contributed by atoms with E-state index in [1.165, 1.54) is 18.6 Å². The molecule has 0 radical (unpaired) electrons. The summed E-state index contributed by atoms with van der Waals surface area (Å²) < 4.78 is 0. The van der Waals surface area contributed by atoms with Crippen LogP contribution in [0.1, 0.15) is 40.0 Å². The number of aliphatic hydroxyl groups is 1. The van der Waals surface area contributed by atoms with Gasteiger partial charge in [-0.15, -0.1) is 0 Å². The third-order valence-electron chi connectivity index (χ3n) is 3.28. The van der Waals surface area contributed by atoms with Gasteiger partial charge in [0.05, 0.1) is 0 Å².